The molecule has 0 N–H and O–H groups in total. The Morgan fingerprint density at radius 2 is 2.44 bits per heavy atom. The van der Waals surface area contributed by atoms with Crippen LogP contribution >= 0.6 is 0 Å². The van der Waals surface area contributed by atoms with Crippen LogP contribution in [0.5, 0.6) is 0 Å². The molecule has 0 spiro atoms. The van der Waals surface area contributed by atoms with Crippen molar-refractivity contribution in [2.45, 2.75) is 19.8 Å². The highest BCUT2D eigenvalue weighted by Gasteiger charge is 2.04. The number of hydrogen-bond acceptors (Lipinski definition) is 3. The molecule has 1 heterocycles. The summed E-state index contributed by atoms with van der Waals surface area (Å²) >= 11 is 0. The Balaban J connectivity index is 2.65. The fourth-order valence-corrected chi connectivity index (χ4v) is 1.23. The predicted octanol–water partition coefficient (Wildman–Crippen LogP) is 2.44. The first kappa shape index (κ1) is 12.4. The molecule has 1 rings (SSSR count). The molecular formula is C12H14FNO2. The smallest absolute Gasteiger partial charge is 0.330 e. The van der Waals surface area contributed by atoms with E-state index in [0.29, 0.717) is 6.61 Å². The van der Waals surface area contributed by atoms with Crippen LogP contribution in [0.2, 0.25) is 0 Å². The van der Waals surface area contributed by atoms with Gasteiger partial charge >= 0.3 is 5.97 Å². The van der Waals surface area contributed by atoms with Gasteiger partial charge in [-0.25, -0.2) is 9.78 Å². The third-order valence-electron chi connectivity index (χ3n) is 2.08. The molecule has 0 saturated carbocycles. The number of carbonyl (C=O) groups excluding carboxylic acids is 1. The Labute approximate surface area is 94.0 Å². The number of rotatable bonds is 4. The van der Waals surface area contributed by atoms with E-state index in [1.165, 1.54) is 18.3 Å². The van der Waals surface area contributed by atoms with Crippen LogP contribution in [-0.2, 0) is 9.53 Å². The van der Waals surface area contributed by atoms with Crippen molar-refractivity contribution in [3.63, 3.8) is 0 Å². The summed E-state index contributed by atoms with van der Waals surface area (Å²) in [6.45, 7) is 3.96. The van der Waals surface area contributed by atoms with Crippen LogP contribution in [0.25, 0.3) is 0 Å². The van der Waals surface area contributed by atoms with E-state index in [1.54, 1.807) is 19.1 Å². The molecular weight excluding hydrogens is 209 g/mol. The summed E-state index contributed by atoms with van der Waals surface area (Å²) in [6.07, 6.45) is 4.43. The Hall–Kier alpha value is -1.71. The van der Waals surface area contributed by atoms with E-state index in [0.717, 1.165) is 5.56 Å². The van der Waals surface area contributed by atoms with Crippen molar-refractivity contribution in [3.05, 3.63) is 42.0 Å². The van der Waals surface area contributed by atoms with Gasteiger partial charge < -0.3 is 4.74 Å². The van der Waals surface area contributed by atoms with Gasteiger partial charge in [0.15, 0.2) is 0 Å². The van der Waals surface area contributed by atoms with Gasteiger partial charge in [0.2, 0.25) is 5.95 Å². The van der Waals surface area contributed by atoms with Crippen LogP contribution in [0.1, 0.15) is 25.3 Å². The maximum Gasteiger partial charge on any atom is 0.330 e. The molecule has 0 bridgehead atoms. The van der Waals surface area contributed by atoms with Gasteiger partial charge in [-0.05, 0) is 30.5 Å². The molecule has 16 heavy (non-hydrogen) atoms. The quantitative estimate of drug-likeness (QED) is 0.447. The average Bonchev–Trinajstić information content (AvgIpc) is 2.26. The zero-order chi connectivity index (χ0) is 12.0. The van der Waals surface area contributed by atoms with Gasteiger partial charge in [0, 0.05) is 12.3 Å². The second-order valence-electron chi connectivity index (χ2n) is 3.31. The predicted molar refractivity (Wildman–Crippen MR) is 58.4 cm³/mol. The second kappa shape index (κ2) is 6.00. The van der Waals surface area contributed by atoms with Crippen molar-refractivity contribution in [2.24, 2.45) is 0 Å². The van der Waals surface area contributed by atoms with E-state index in [9.17, 15) is 9.18 Å². The molecule has 1 atom stereocenters. The second-order valence-corrected chi connectivity index (χ2v) is 3.31. The van der Waals surface area contributed by atoms with Crippen molar-refractivity contribution in [1.29, 1.82) is 0 Å². The minimum Gasteiger partial charge on any atom is -0.463 e. The van der Waals surface area contributed by atoms with Crippen molar-refractivity contribution in [1.82, 2.24) is 4.98 Å². The van der Waals surface area contributed by atoms with Crippen LogP contribution in [0.15, 0.2) is 30.5 Å². The number of allylic oxidation sites excluding steroid dienone is 1. The molecule has 1 aromatic rings. The minimum absolute atomic E-state index is 0.0538. The SMILES string of the molecule is CCOC(=O)/C=C\[C@H](C)c1ccnc(F)c1. The first-order valence-corrected chi connectivity index (χ1v) is 5.10. The molecule has 3 nitrogen and oxygen atoms in total. The van der Waals surface area contributed by atoms with Crippen LogP contribution in [0, 0.1) is 5.95 Å². The lowest BCUT2D eigenvalue weighted by molar-refractivity contribution is -0.137. The fraction of sp³-hybridized carbons (Fsp3) is 0.333. The van der Waals surface area contributed by atoms with Gasteiger partial charge in [0.05, 0.1) is 6.61 Å². The van der Waals surface area contributed by atoms with E-state index in [-0.39, 0.29) is 11.9 Å². The fourth-order valence-electron chi connectivity index (χ4n) is 1.23. The largest absolute Gasteiger partial charge is 0.463 e. The Morgan fingerprint density at radius 3 is 3.06 bits per heavy atom. The summed E-state index contributed by atoms with van der Waals surface area (Å²) in [6, 6.07) is 3.06. The average molecular weight is 223 g/mol. The number of esters is 1. The Kier molecular flexibility index (Phi) is 4.64. The van der Waals surface area contributed by atoms with E-state index in [2.05, 4.69) is 4.98 Å². The standard InChI is InChI=1S/C12H14FNO2/c1-3-16-12(15)5-4-9(2)10-6-7-14-11(13)8-10/h4-9H,3H2,1-2H3/b5-4-/t9-/m0/s1. The first-order valence-electron chi connectivity index (χ1n) is 5.10. The highest BCUT2D eigenvalue weighted by Crippen LogP contribution is 2.16. The molecule has 1 aromatic heterocycles. The number of carbonyl (C=O) groups is 1. The van der Waals surface area contributed by atoms with Crippen molar-refractivity contribution >= 4 is 5.97 Å². The summed E-state index contributed by atoms with van der Waals surface area (Å²) in [4.78, 5) is 14.5. The topological polar surface area (TPSA) is 39.2 Å². The van der Waals surface area contributed by atoms with Crippen LogP contribution < -0.4 is 0 Å². The van der Waals surface area contributed by atoms with Crippen LogP contribution in [0.3, 0.4) is 0 Å². The van der Waals surface area contributed by atoms with Gasteiger partial charge in [-0.15, -0.1) is 0 Å². The zero-order valence-electron chi connectivity index (χ0n) is 9.31. The number of hydrogen-bond donors (Lipinski definition) is 0. The highest BCUT2D eigenvalue weighted by atomic mass is 19.1. The van der Waals surface area contributed by atoms with E-state index < -0.39 is 5.95 Å². The van der Waals surface area contributed by atoms with Gasteiger partial charge in [-0.3, -0.25) is 0 Å². The monoisotopic (exact) mass is 223 g/mol. The molecule has 0 aromatic carbocycles. The first-order chi connectivity index (χ1) is 7.63. The number of nitrogens with zero attached hydrogens (tertiary/aromatic N) is 1. The van der Waals surface area contributed by atoms with Crippen molar-refractivity contribution in [2.75, 3.05) is 6.61 Å². The molecule has 0 amide bonds. The van der Waals surface area contributed by atoms with E-state index in [4.69, 9.17) is 4.74 Å². The third-order valence-corrected chi connectivity index (χ3v) is 2.08. The summed E-state index contributed by atoms with van der Waals surface area (Å²) < 4.78 is 17.6. The van der Waals surface area contributed by atoms with Crippen LogP contribution in [-0.4, -0.2) is 17.6 Å². The maximum absolute atomic E-state index is 12.8. The summed E-state index contributed by atoms with van der Waals surface area (Å²) in [5.41, 5.74) is 0.771. The Bertz CT molecular complexity index is 390. The minimum atomic E-state index is -0.520. The number of halogens is 1. The molecule has 0 fully saturated rings. The van der Waals surface area contributed by atoms with E-state index in [1.807, 2.05) is 6.92 Å². The summed E-state index contributed by atoms with van der Waals surface area (Å²) in [5.74, 6) is -0.959. The normalized spacial score (nSPS) is 12.7. The van der Waals surface area contributed by atoms with Gasteiger partial charge in [-0.1, -0.05) is 13.0 Å². The summed E-state index contributed by atoms with van der Waals surface area (Å²) in [5, 5.41) is 0. The van der Waals surface area contributed by atoms with E-state index >= 15 is 0 Å². The number of ether oxygens (including phenoxy) is 1. The molecule has 4 heteroatoms. The lowest BCUT2D eigenvalue weighted by atomic mass is 10.0. The molecule has 0 radical (unpaired) electrons. The third kappa shape index (κ3) is 3.81. The molecule has 0 aliphatic rings. The lowest BCUT2D eigenvalue weighted by Gasteiger charge is -2.05. The molecule has 0 unspecified atom stereocenters. The molecule has 0 aliphatic heterocycles. The lowest BCUT2D eigenvalue weighted by Crippen LogP contribution is -2.00. The molecule has 0 aliphatic carbocycles. The van der Waals surface area contributed by atoms with Crippen LogP contribution in [0.4, 0.5) is 4.39 Å². The Morgan fingerprint density at radius 1 is 1.69 bits per heavy atom. The van der Waals surface area contributed by atoms with Gasteiger partial charge in [0.1, 0.15) is 0 Å². The molecule has 86 valence electrons. The summed E-state index contributed by atoms with van der Waals surface area (Å²) in [7, 11) is 0. The maximum atomic E-state index is 12.8. The molecule has 0 saturated heterocycles. The van der Waals surface area contributed by atoms with Crippen molar-refractivity contribution < 1.29 is 13.9 Å². The van der Waals surface area contributed by atoms with Gasteiger partial charge in [-0.2, -0.15) is 4.39 Å². The highest BCUT2D eigenvalue weighted by molar-refractivity contribution is 5.82. The zero-order valence-corrected chi connectivity index (χ0v) is 9.31. The number of aromatic nitrogens is 1. The van der Waals surface area contributed by atoms with Crippen molar-refractivity contribution in [3.8, 4) is 0 Å². The number of pyridine rings is 1. The van der Waals surface area contributed by atoms with Gasteiger partial charge in [0.25, 0.3) is 0 Å².